The Morgan fingerprint density at radius 3 is 2.82 bits per heavy atom. The molecule has 0 aliphatic carbocycles. The van der Waals surface area contributed by atoms with Crippen LogP contribution in [0, 0.1) is 17.0 Å². The molecule has 0 saturated carbocycles. The first kappa shape index (κ1) is 18.1. The fraction of sp³-hybridized carbons (Fsp3) is 0.0526. The highest BCUT2D eigenvalue weighted by Gasteiger charge is 2.20. The zero-order valence-corrected chi connectivity index (χ0v) is 16.1. The largest absolute Gasteiger partial charge is 0.306 e. The van der Waals surface area contributed by atoms with E-state index in [-0.39, 0.29) is 16.3 Å². The van der Waals surface area contributed by atoms with Crippen molar-refractivity contribution in [3.63, 3.8) is 0 Å². The SMILES string of the molecule is Cc1ccn2c(NC(=O)c3ccc(Cl)c([N+](=O)[O-])c3)c(-c3cccs3)nc2c1. The second-order valence-corrected chi connectivity index (χ2v) is 7.45. The summed E-state index contributed by atoms with van der Waals surface area (Å²) in [4.78, 5) is 28.9. The van der Waals surface area contributed by atoms with Crippen molar-refractivity contribution in [2.24, 2.45) is 0 Å². The van der Waals surface area contributed by atoms with Crippen LogP contribution in [0.15, 0.2) is 54.0 Å². The number of amides is 1. The molecule has 0 spiro atoms. The zero-order valence-electron chi connectivity index (χ0n) is 14.5. The number of carbonyl (C=O) groups excluding carboxylic acids is 1. The number of rotatable bonds is 4. The molecular formula is C19H13ClN4O3S. The standard InChI is InChI=1S/C19H13ClN4O3S/c1-11-6-7-23-16(9-11)21-17(15-3-2-8-28-15)18(23)22-19(25)12-4-5-13(20)14(10-12)24(26)27/h2-10H,1H3,(H,22,25). The number of nitrogens with zero attached hydrogens (tertiary/aromatic N) is 3. The van der Waals surface area contributed by atoms with Crippen molar-refractivity contribution in [3.8, 4) is 10.6 Å². The number of aromatic nitrogens is 2. The highest BCUT2D eigenvalue weighted by atomic mass is 35.5. The number of fused-ring (bicyclic) bond motifs is 1. The number of hydrogen-bond acceptors (Lipinski definition) is 5. The Hall–Kier alpha value is -3.23. The number of imidazole rings is 1. The lowest BCUT2D eigenvalue weighted by Crippen LogP contribution is -2.14. The van der Waals surface area contributed by atoms with E-state index in [1.807, 2.05) is 42.8 Å². The minimum absolute atomic E-state index is 0.0221. The van der Waals surface area contributed by atoms with Crippen molar-refractivity contribution >= 4 is 46.0 Å². The lowest BCUT2D eigenvalue weighted by Gasteiger charge is -2.08. The first-order chi connectivity index (χ1) is 13.4. The predicted octanol–water partition coefficient (Wildman–Crippen LogP) is 5.19. The summed E-state index contributed by atoms with van der Waals surface area (Å²) in [5, 5.41) is 15.9. The molecule has 3 aromatic heterocycles. The van der Waals surface area contributed by atoms with E-state index < -0.39 is 10.8 Å². The summed E-state index contributed by atoms with van der Waals surface area (Å²) in [5.41, 5.74) is 2.19. The van der Waals surface area contributed by atoms with Gasteiger partial charge in [0, 0.05) is 17.8 Å². The smallest absolute Gasteiger partial charge is 0.288 e. The van der Waals surface area contributed by atoms with E-state index >= 15 is 0 Å². The predicted molar refractivity (Wildman–Crippen MR) is 109 cm³/mol. The van der Waals surface area contributed by atoms with Crippen LogP contribution in [0.5, 0.6) is 0 Å². The summed E-state index contributed by atoms with van der Waals surface area (Å²) in [6.45, 7) is 1.96. The van der Waals surface area contributed by atoms with Crippen molar-refractivity contribution in [1.82, 2.24) is 9.38 Å². The number of nitro benzene ring substituents is 1. The van der Waals surface area contributed by atoms with Gasteiger partial charge in [0.05, 0.1) is 9.80 Å². The maximum Gasteiger partial charge on any atom is 0.288 e. The van der Waals surface area contributed by atoms with E-state index in [1.54, 1.807) is 4.40 Å². The monoisotopic (exact) mass is 412 g/mol. The molecule has 0 radical (unpaired) electrons. The van der Waals surface area contributed by atoms with Gasteiger partial charge in [-0.3, -0.25) is 19.3 Å². The van der Waals surface area contributed by atoms with E-state index in [9.17, 15) is 14.9 Å². The van der Waals surface area contributed by atoms with E-state index in [2.05, 4.69) is 10.3 Å². The van der Waals surface area contributed by atoms with Crippen molar-refractivity contribution in [3.05, 3.63) is 80.3 Å². The van der Waals surface area contributed by atoms with Gasteiger partial charge in [-0.1, -0.05) is 17.7 Å². The lowest BCUT2D eigenvalue weighted by molar-refractivity contribution is -0.384. The Morgan fingerprint density at radius 2 is 2.11 bits per heavy atom. The van der Waals surface area contributed by atoms with Crippen LogP contribution in [0.4, 0.5) is 11.5 Å². The molecule has 1 aromatic carbocycles. The fourth-order valence-corrected chi connectivity index (χ4v) is 3.73. The molecule has 0 atom stereocenters. The molecule has 1 amide bonds. The highest BCUT2D eigenvalue weighted by molar-refractivity contribution is 7.13. The number of benzene rings is 1. The van der Waals surface area contributed by atoms with Gasteiger partial charge >= 0.3 is 0 Å². The van der Waals surface area contributed by atoms with Gasteiger partial charge in [-0.25, -0.2) is 4.98 Å². The molecule has 28 heavy (non-hydrogen) atoms. The minimum atomic E-state index is -0.618. The lowest BCUT2D eigenvalue weighted by atomic mass is 10.2. The first-order valence-corrected chi connectivity index (χ1v) is 9.47. The Bertz CT molecular complexity index is 1220. The van der Waals surface area contributed by atoms with Crippen LogP contribution >= 0.6 is 22.9 Å². The van der Waals surface area contributed by atoms with Crippen LogP contribution in [-0.2, 0) is 0 Å². The van der Waals surface area contributed by atoms with E-state index in [1.165, 1.54) is 23.5 Å². The molecule has 9 heteroatoms. The average Bonchev–Trinajstić information content (AvgIpc) is 3.29. The Kier molecular flexibility index (Phi) is 4.58. The second-order valence-electron chi connectivity index (χ2n) is 6.10. The van der Waals surface area contributed by atoms with Gasteiger partial charge in [0.1, 0.15) is 22.2 Å². The highest BCUT2D eigenvalue weighted by Crippen LogP contribution is 2.33. The third-order valence-electron chi connectivity index (χ3n) is 4.17. The number of pyridine rings is 1. The summed E-state index contributed by atoms with van der Waals surface area (Å²) < 4.78 is 1.78. The number of thiophene rings is 1. The molecule has 0 fully saturated rings. The molecule has 140 valence electrons. The summed E-state index contributed by atoms with van der Waals surface area (Å²) in [7, 11) is 0. The van der Waals surface area contributed by atoms with Crippen LogP contribution in [0.25, 0.3) is 16.2 Å². The number of nitrogens with one attached hydrogen (secondary N) is 1. The normalized spacial score (nSPS) is 10.9. The number of nitro groups is 1. The number of carbonyl (C=O) groups is 1. The zero-order chi connectivity index (χ0) is 19.8. The molecule has 4 aromatic rings. The van der Waals surface area contributed by atoms with Gasteiger partial charge in [-0.2, -0.15) is 0 Å². The van der Waals surface area contributed by atoms with Crippen molar-refractivity contribution in [2.45, 2.75) is 6.92 Å². The maximum absolute atomic E-state index is 12.8. The van der Waals surface area contributed by atoms with E-state index in [4.69, 9.17) is 11.6 Å². The second kappa shape index (κ2) is 7.06. The minimum Gasteiger partial charge on any atom is -0.306 e. The van der Waals surface area contributed by atoms with Crippen LogP contribution in [0.2, 0.25) is 5.02 Å². The Morgan fingerprint density at radius 1 is 1.29 bits per heavy atom. The molecule has 3 heterocycles. The molecule has 1 N–H and O–H groups in total. The third-order valence-corrected chi connectivity index (χ3v) is 5.37. The average molecular weight is 413 g/mol. The Labute approximate surface area is 168 Å². The van der Waals surface area contributed by atoms with Gasteiger partial charge in [-0.15, -0.1) is 11.3 Å². The molecule has 4 rings (SSSR count). The summed E-state index contributed by atoms with van der Waals surface area (Å²) in [6, 6.07) is 11.6. The molecule has 0 saturated heterocycles. The number of aryl methyl sites for hydroxylation is 1. The van der Waals surface area contributed by atoms with Crippen LogP contribution < -0.4 is 5.32 Å². The fourth-order valence-electron chi connectivity index (χ4n) is 2.82. The first-order valence-electron chi connectivity index (χ1n) is 8.22. The van der Waals surface area contributed by atoms with Gasteiger partial charge in [0.25, 0.3) is 11.6 Å². The van der Waals surface area contributed by atoms with Gasteiger partial charge < -0.3 is 5.32 Å². The summed E-state index contributed by atoms with van der Waals surface area (Å²) >= 11 is 7.35. The molecule has 7 nitrogen and oxygen atoms in total. The maximum atomic E-state index is 12.8. The van der Waals surface area contributed by atoms with Crippen LogP contribution in [0.1, 0.15) is 15.9 Å². The van der Waals surface area contributed by atoms with Crippen molar-refractivity contribution in [2.75, 3.05) is 5.32 Å². The number of hydrogen-bond donors (Lipinski definition) is 1. The topological polar surface area (TPSA) is 89.5 Å². The van der Waals surface area contributed by atoms with Gasteiger partial charge in [-0.05, 0) is 48.2 Å². The molecule has 0 aliphatic heterocycles. The van der Waals surface area contributed by atoms with Gasteiger partial charge in [0.15, 0.2) is 0 Å². The van der Waals surface area contributed by atoms with Crippen LogP contribution in [-0.4, -0.2) is 20.2 Å². The van der Waals surface area contributed by atoms with Crippen molar-refractivity contribution in [1.29, 1.82) is 0 Å². The number of anilines is 1. The summed E-state index contributed by atoms with van der Waals surface area (Å²) in [6.07, 6.45) is 1.83. The van der Waals surface area contributed by atoms with E-state index in [0.29, 0.717) is 17.2 Å². The Balaban J connectivity index is 1.79. The molecular weight excluding hydrogens is 400 g/mol. The van der Waals surface area contributed by atoms with E-state index in [0.717, 1.165) is 16.5 Å². The molecule has 0 bridgehead atoms. The molecule has 0 aliphatic rings. The molecule has 0 unspecified atom stereocenters. The van der Waals surface area contributed by atoms with Crippen molar-refractivity contribution < 1.29 is 9.72 Å². The van der Waals surface area contributed by atoms with Crippen LogP contribution in [0.3, 0.4) is 0 Å². The third kappa shape index (κ3) is 3.23. The van der Waals surface area contributed by atoms with Gasteiger partial charge in [0.2, 0.25) is 0 Å². The quantitative estimate of drug-likeness (QED) is 0.369. The number of halogens is 1. The summed E-state index contributed by atoms with van der Waals surface area (Å²) in [5.74, 6) is 0.0139.